The number of benzene rings is 4. The van der Waals surface area contributed by atoms with E-state index >= 15 is 0 Å². The minimum atomic E-state index is -0.980. The molecule has 0 N–H and O–H groups in total. The second-order valence-corrected chi connectivity index (χ2v) is 8.70. The van der Waals surface area contributed by atoms with E-state index in [1.54, 1.807) is 21.3 Å². The summed E-state index contributed by atoms with van der Waals surface area (Å²) in [5, 5.41) is 0. The van der Waals surface area contributed by atoms with Gasteiger partial charge >= 0.3 is 0 Å². The van der Waals surface area contributed by atoms with E-state index in [0.29, 0.717) is 6.42 Å². The van der Waals surface area contributed by atoms with E-state index < -0.39 is 11.9 Å². The van der Waals surface area contributed by atoms with Crippen molar-refractivity contribution in [2.45, 2.75) is 24.7 Å². The minimum Gasteiger partial charge on any atom is -0.497 e. The van der Waals surface area contributed by atoms with Crippen LogP contribution in [0.4, 0.5) is 0 Å². The van der Waals surface area contributed by atoms with Crippen molar-refractivity contribution in [3.05, 3.63) is 119 Å². The van der Waals surface area contributed by atoms with E-state index in [2.05, 4.69) is 36.4 Å². The summed E-state index contributed by atoms with van der Waals surface area (Å²) in [6.45, 7) is 0. The monoisotopic (exact) mass is 482 g/mol. The van der Waals surface area contributed by atoms with Crippen molar-refractivity contribution < 1.29 is 23.7 Å². The van der Waals surface area contributed by atoms with Crippen LogP contribution in [-0.4, -0.2) is 27.6 Å². The number of hydrogen-bond acceptors (Lipinski definition) is 5. The first-order chi connectivity index (χ1) is 17.7. The van der Waals surface area contributed by atoms with Gasteiger partial charge in [0.15, 0.2) is 5.60 Å². The van der Waals surface area contributed by atoms with Gasteiger partial charge in [-0.3, -0.25) is 0 Å². The van der Waals surface area contributed by atoms with Crippen LogP contribution in [-0.2, 0) is 16.8 Å². The van der Waals surface area contributed by atoms with Crippen molar-refractivity contribution in [2.24, 2.45) is 0 Å². The Kier molecular flexibility index (Phi) is 6.83. The molecule has 0 radical (unpaired) electrons. The third kappa shape index (κ3) is 4.50. The molecule has 184 valence electrons. The molecule has 0 amide bonds. The van der Waals surface area contributed by atoms with Gasteiger partial charge in [0.2, 0.25) is 6.29 Å². The Hall–Kier alpha value is -3.96. The lowest BCUT2D eigenvalue weighted by atomic mass is 9.78. The van der Waals surface area contributed by atoms with E-state index in [9.17, 15) is 0 Å². The first-order valence-electron chi connectivity index (χ1n) is 12.0. The Bertz CT molecular complexity index is 1270. The molecule has 4 aromatic carbocycles. The average Bonchev–Trinajstić information content (AvgIpc) is 2.95. The molecule has 5 heteroatoms. The Labute approximate surface area is 212 Å². The van der Waals surface area contributed by atoms with E-state index in [1.165, 1.54) is 5.56 Å². The SMILES string of the molecule is COc1cccc(C2(c3cccc(OC)c3)OC(CCc3ccccc3)Oc3ccc(OC)cc32)c1. The van der Waals surface area contributed by atoms with Crippen molar-refractivity contribution in [3.8, 4) is 23.0 Å². The van der Waals surface area contributed by atoms with Gasteiger partial charge in [-0.05, 0) is 65.6 Å². The molecule has 0 fully saturated rings. The maximum absolute atomic E-state index is 7.00. The molecule has 0 spiro atoms. The third-order valence-electron chi connectivity index (χ3n) is 6.60. The molecule has 1 unspecified atom stereocenters. The molecule has 0 aliphatic carbocycles. The molecule has 5 nitrogen and oxygen atoms in total. The zero-order chi connectivity index (χ0) is 25.0. The summed E-state index contributed by atoms with van der Waals surface area (Å²) in [6, 6.07) is 32.2. The second kappa shape index (κ2) is 10.3. The average molecular weight is 483 g/mol. The van der Waals surface area contributed by atoms with Crippen LogP contribution in [0.5, 0.6) is 23.0 Å². The first kappa shape index (κ1) is 23.8. The summed E-state index contributed by atoms with van der Waals surface area (Å²) < 4.78 is 30.2. The van der Waals surface area contributed by atoms with E-state index in [-0.39, 0.29) is 0 Å². The standard InChI is InChI=1S/C31H30O5/c1-32-25-13-7-11-23(19-25)31(24-12-8-14-26(20-24)33-2)28-21-27(34-3)16-17-29(28)35-30(36-31)18-15-22-9-5-4-6-10-22/h4-14,16-17,19-21,30H,15,18H2,1-3H3. The molecule has 5 rings (SSSR count). The largest absolute Gasteiger partial charge is 0.497 e. The number of aryl methyl sites for hydroxylation is 1. The highest BCUT2D eigenvalue weighted by atomic mass is 16.7. The molecule has 1 atom stereocenters. The van der Waals surface area contributed by atoms with Gasteiger partial charge in [0.05, 0.1) is 21.3 Å². The zero-order valence-corrected chi connectivity index (χ0v) is 20.8. The molecule has 1 heterocycles. The van der Waals surface area contributed by atoms with Crippen LogP contribution in [0.1, 0.15) is 28.7 Å². The molecule has 1 aliphatic rings. The highest BCUT2D eigenvalue weighted by molar-refractivity contribution is 5.57. The van der Waals surface area contributed by atoms with Crippen LogP contribution in [0.2, 0.25) is 0 Å². The van der Waals surface area contributed by atoms with Gasteiger partial charge in [0, 0.05) is 12.0 Å². The number of hydrogen-bond donors (Lipinski definition) is 0. The first-order valence-corrected chi connectivity index (χ1v) is 12.0. The highest BCUT2D eigenvalue weighted by Crippen LogP contribution is 2.50. The summed E-state index contributed by atoms with van der Waals surface area (Å²) in [7, 11) is 5.00. The van der Waals surface area contributed by atoms with Gasteiger partial charge < -0.3 is 23.7 Å². The van der Waals surface area contributed by atoms with Crippen LogP contribution in [0, 0.1) is 0 Å². The molecular weight excluding hydrogens is 452 g/mol. The highest BCUT2D eigenvalue weighted by Gasteiger charge is 2.46. The minimum absolute atomic E-state index is 0.483. The number of methoxy groups -OCH3 is 3. The van der Waals surface area contributed by atoms with Crippen LogP contribution in [0.3, 0.4) is 0 Å². The lowest BCUT2D eigenvalue weighted by Gasteiger charge is -2.43. The number of ether oxygens (including phenoxy) is 5. The van der Waals surface area contributed by atoms with Gasteiger partial charge in [0.1, 0.15) is 23.0 Å². The second-order valence-electron chi connectivity index (χ2n) is 8.70. The predicted octanol–water partition coefficient (Wildman–Crippen LogP) is 6.37. The molecule has 0 saturated heterocycles. The molecule has 0 aromatic heterocycles. The van der Waals surface area contributed by atoms with Gasteiger partial charge in [-0.2, -0.15) is 0 Å². The summed E-state index contributed by atoms with van der Waals surface area (Å²) in [5.74, 6) is 2.97. The molecule has 36 heavy (non-hydrogen) atoms. The van der Waals surface area contributed by atoms with E-state index in [4.69, 9.17) is 23.7 Å². The van der Waals surface area contributed by atoms with Crippen LogP contribution < -0.4 is 18.9 Å². The molecule has 1 aliphatic heterocycles. The van der Waals surface area contributed by atoms with Crippen molar-refractivity contribution in [1.82, 2.24) is 0 Å². The Morgan fingerprint density at radius 1 is 0.667 bits per heavy atom. The van der Waals surface area contributed by atoms with E-state index in [1.807, 2.05) is 60.7 Å². The number of fused-ring (bicyclic) bond motifs is 1. The smallest absolute Gasteiger partial charge is 0.201 e. The maximum atomic E-state index is 7.00. The lowest BCUT2D eigenvalue weighted by molar-refractivity contribution is -0.165. The van der Waals surface area contributed by atoms with Gasteiger partial charge in [-0.1, -0.05) is 54.6 Å². The van der Waals surface area contributed by atoms with E-state index in [0.717, 1.165) is 46.1 Å². The molecule has 0 saturated carbocycles. The summed E-state index contributed by atoms with van der Waals surface area (Å²) in [4.78, 5) is 0. The lowest BCUT2D eigenvalue weighted by Crippen LogP contribution is -2.43. The quantitative estimate of drug-likeness (QED) is 0.292. The summed E-state index contributed by atoms with van der Waals surface area (Å²) in [6.07, 6.45) is 1.03. The number of rotatable bonds is 8. The maximum Gasteiger partial charge on any atom is 0.201 e. The Morgan fingerprint density at radius 3 is 1.89 bits per heavy atom. The fraction of sp³-hybridized carbons (Fsp3) is 0.226. The van der Waals surface area contributed by atoms with Crippen molar-refractivity contribution >= 4 is 0 Å². The van der Waals surface area contributed by atoms with Gasteiger partial charge in [-0.15, -0.1) is 0 Å². The summed E-state index contributed by atoms with van der Waals surface area (Å²) >= 11 is 0. The van der Waals surface area contributed by atoms with Crippen LogP contribution in [0.25, 0.3) is 0 Å². The van der Waals surface area contributed by atoms with Crippen molar-refractivity contribution in [3.63, 3.8) is 0 Å². The van der Waals surface area contributed by atoms with Crippen molar-refractivity contribution in [2.75, 3.05) is 21.3 Å². The fourth-order valence-corrected chi connectivity index (χ4v) is 4.79. The van der Waals surface area contributed by atoms with Gasteiger partial charge in [-0.25, -0.2) is 0 Å². The normalized spacial score (nSPS) is 15.9. The zero-order valence-electron chi connectivity index (χ0n) is 20.8. The Balaban J connectivity index is 1.69. The topological polar surface area (TPSA) is 46.2 Å². The fourth-order valence-electron chi connectivity index (χ4n) is 4.79. The molecule has 0 bridgehead atoms. The Morgan fingerprint density at radius 2 is 1.28 bits per heavy atom. The van der Waals surface area contributed by atoms with Gasteiger partial charge in [0.25, 0.3) is 0 Å². The molecular formula is C31H30O5. The molecule has 4 aromatic rings. The van der Waals surface area contributed by atoms with Crippen LogP contribution >= 0.6 is 0 Å². The van der Waals surface area contributed by atoms with Crippen molar-refractivity contribution in [1.29, 1.82) is 0 Å². The van der Waals surface area contributed by atoms with Crippen LogP contribution in [0.15, 0.2) is 97.1 Å². The summed E-state index contributed by atoms with van der Waals surface area (Å²) in [5.41, 5.74) is 2.97. The third-order valence-corrected chi connectivity index (χ3v) is 6.60. The predicted molar refractivity (Wildman–Crippen MR) is 139 cm³/mol.